The van der Waals surface area contributed by atoms with Crippen molar-refractivity contribution in [2.45, 2.75) is 33.4 Å². The van der Waals surface area contributed by atoms with Gasteiger partial charge < -0.3 is 4.90 Å². The summed E-state index contributed by atoms with van der Waals surface area (Å²) in [6.07, 6.45) is 4.41. The number of allylic oxidation sites excluding steroid dienone is 2. The summed E-state index contributed by atoms with van der Waals surface area (Å²) in [6.45, 7) is 7.66. The summed E-state index contributed by atoms with van der Waals surface area (Å²) >= 11 is 0. The minimum Gasteiger partial charge on any atom is -0.367 e. The van der Waals surface area contributed by atoms with Crippen molar-refractivity contribution >= 4 is 0 Å². The summed E-state index contributed by atoms with van der Waals surface area (Å²) < 4.78 is 0. The molecule has 0 spiro atoms. The lowest BCUT2D eigenvalue weighted by Crippen LogP contribution is -2.31. The number of benzene rings is 1. The van der Waals surface area contributed by atoms with E-state index in [4.69, 9.17) is 0 Å². The lowest BCUT2D eigenvalue weighted by atomic mass is 9.99. The Hall–Kier alpha value is -1.50. The van der Waals surface area contributed by atoms with Crippen LogP contribution in [-0.4, -0.2) is 10.9 Å². The topological polar surface area (TPSA) is 3.24 Å². The Bertz CT molecular complexity index is 414. The molecule has 0 radical (unpaired) electrons. The molecule has 1 atom stereocenters. The summed E-state index contributed by atoms with van der Waals surface area (Å²) in [5.74, 6) is 0. The third-order valence-electron chi connectivity index (χ3n) is 3.47. The van der Waals surface area contributed by atoms with E-state index in [1.807, 2.05) is 0 Å². The Morgan fingerprint density at radius 2 is 1.81 bits per heavy atom. The van der Waals surface area contributed by atoms with Crippen LogP contribution in [0, 0.1) is 0 Å². The molecule has 1 heterocycles. The maximum Gasteiger partial charge on any atom is 0.0475 e. The van der Waals surface area contributed by atoms with E-state index in [1.54, 1.807) is 0 Å². The summed E-state index contributed by atoms with van der Waals surface area (Å²) in [4.78, 5) is 2.39. The van der Waals surface area contributed by atoms with E-state index in [1.165, 1.54) is 16.7 Å². The van der Waals surface area contributed by atoms with Crippen molar-refractivity contribution in [2.75, 3.05) is 0 Å². The van der Waals surface area contributed by atoms with Crippen molar-refractivity contribution in [2.24, 2.45) is 0 Å². The second-order valence-electron chi connectivity index (χ2n) is 4.52. The number of hydrogen-bond donors (Lipinski definition) is 0. The van der Waals surface area contributed by atoms with Crippen LogP contribution in [0.1, 0.15) is 26.3 Å². The second-order valence-corrected chi connectivity index (χ2v) is 4.52. The van der Waals surface area contributed by atoms with Crippen molar-refractivity contribution in [3.8, 4) is 0 Å². The molecule has 1 heteroatoms. The normalized spacial score (nSPS) is 20.4. The molecule has 0 aliphatic carbocycles. The highest BCUT2D eigenvalue weighted by atomic mass is 15.1. The SMILES string of the molecule is CC1=C(C)C(C)N(Cc2ccccc2)C=C1. The highest BCUT2D eigenvalue weighted by molar-refractivity contribution is 5.30. The van der Waals surface area contributed by atoms with Gasteiger partial charge in [-0.3, -0.25) is 0 Å². The number of hydrogen-bond acceptors (Lipinski definition) is 1. The van der Waals surface area contributed by atoms with Gasteiger partial charge in [0.2, 0.25) is 0 Å². The fraction of sp³-hybridized carbons (Fsp3) is 0.333. The zero-order valence-electron chi connectivity index (χ0n) is 10.3. The van der Waals surface area contributed by atoms with Gasteiger partial charge >= 0.3 is 0 Å². The van der Waals surface area contributed by atoms with Crippen molar-refractivity contribution in [3.63, 3.8) is 0 Å². The fourth-order valence-electron chi connectivity index (χ4n) is 2.03. The molecule has 1 unspecified atom stereocenters. The summed E-state index contributed by atoms with van der Waals surface area (Å²) in [5, 5.41) is 0. The van der Waals surface area contributed by atoms with E-state index >= 15 is 0 Å². The van der Waals surface area contributed by atoms with Gasteiger partial charge in [0.25, 0.3) is 0 Å². The van der Waals surface area contributed by atoms with Gasteiger partial charge in [-0.2, -0.15) is 0 Å². The minimum absolute atomic E-state index is 0.505. The Balaban J connectivity index is 2.12. The first kappa shape index (κ1) is 11.0. The lowest BCUT2D eigenvalue weighted by molar-refractivity contribution is 0.311. The molecule has 0 bridgehead atoms. The molecule has 0 fully saturated rings. The van der Waals surface area contributed by atoms with Crippen LogP contribution in [0.15, 0.2) is 53.8 Å². The quantitative estimate of drug-likeness (QED) is 0.723. The van der Waals surface area contributed by atoms with Gasteiger partial charge in [-0.25, -0.2) is 0 Å². The summed E-state index contributed by atoms with van der Waals surface area (Å²) in [6, 6.07) is 11.1. The van der Waals surface area contributed by atoms with Gasteiger partial charge in [0, 0.05) is 18.8 Å². The molecule has 0 N–H and O–H groups in total. The van der Waals surface area contributed by atoms with Crippen molar-refractivity contribution < 1.29 is 0 Å². The average Bonchev–Trinajstić information content (AvgIpc) is 2.31. The lowest BCUT2D eigenvalue weighted by Gasteiger charge is -2.32. The van der Waals surface area contributed by atoms with E-state index in [-0.39, 0.29) is 0 Å². The molecule has 1 aliphatic heterocycles. The van der Waals surface area contributed by atoms with E-state index < -0.39 is 0 Å². The van der Waals surface area contributed by atoms with Crippen LogP contribution in [0.2, 0.25) is 0 Å². The Labute approximate surface area is 98.1 Å². The number of rotatable bonds is 2. The van der Waals surface area contributed by atoms with Crippen LogP contribution in [0.25, 0.3) is 0 Å². The van der Waals surface area contributed by atoms with E-state index in [0.717, 1.165) is 6.54 Å². The fourth-order valence-corrected chi connectivity index (χ4v) is 2.03. The molecular weight excluding hydrogens is 194 g/mol. The standard InChI is InChI=1S/C15H19N/c1-12-9-10-16(14(3)13(12)2)11-15-7-5-4-6-8-15/h4-10,14H,11H2,1-3H3. The molecule has 1 aromatic rings. The third kappa shape index (κ3) is 2.19. The van der Waals surface area contributed by atoms with Crippen LogP contribution >= 0.6 is 0 Å². The van der Waals surface area contributed by atoms with Crippen molar-refractivity contribution in [3.05, 3.63) is 59.3 Å². The predicted molar refractivity (Wildman–Crippen MR) is 69.0 cm³/mol. The predicted octanol–water partition coefficient (Wildman–Crippen LogP) is 3.74. The van der Waals surface area contributed by atoms with E-state index in [9.17, 15) is 0 Å². The van der Waals surface area contributed by atoms with Crippen molar-refractivity contribution in [1.29, 1.82) is 0 Å². The molecule has 2 rings (SSSR count). The first-order valence-electron chi connectivity index (χ1n) is 5.83. The smallest absolute Gasteiger partial charge is 0.0475 e. The highest BCUT2D eigenvalue weighted by Gasteiger charge is 2.16. The van der Waals surface area contributed by atoms with Gasteiger partial charge in [-0.15, -0.1) is 0 Å². The van der Waals surface area contributed by atoms with Gasteiger partial charge in [-0.1, -0.05) is 30.3 Å². The van der Waals surface area contributed by atoms with Gasteiger partial charge in [0.05, 0.1) is 0 Å². The monoisotopic (exact) mass is 213 g/mol. The Kier molecular flexibility index (Phi) is 3.14. The minimum atomic E-state index is 0.505. The second kappa shape index (κ2) is 4.56. The van der Waals surface area contributed by atoms with Crippen LogP contribution in [-0.2, 0) is 6.54 Å². The maximum atomic E-state index is 2.39. The summed E-state index contributed by atoms with van der Waals surface area (Å²) in [5.41, 5.74) is 4.24. The van der Waals surface area contributed by atoms with E-state index in [0.29, 0.717) is 6.04 Å². The van der Waals surface area contributed by atoms with Gasteiger partial charge in [0.15, 0.2) is 0 Å². The molecule has 1 aromatic carbocycles. The Morgan fingerprint density at radius 3 is 2.50 bits per heavy atom. The number of nitrogens with zero attached hydrogens (tertiary/aromatic N) is 1. The Morgan fingerprint density at radius 1 is 1.12 bits per heavy atom. The van der Waals surface area contributed by atoms with Crippen molar-refractivity contribution in [1.82, 2.24) is 4.90 Å². The third-order valence-corrected chi connectivity index (χ3v) is 3.47. The zero-order valence-corrected chi connectivity index (χ0v) is 10.3. The average molecular weight is 213 g/mol. The molecule has 84 valence electrons. The van der Waals surface area contributed by atoms with Gasteiger partial charge in [0.1, 0.15) is 0 Å². The van der Waals surface area contributed by atoms with Crippen LogP contribution in [0.5, 0.6) is 0 Å². The molecule has 0 saturated carbocycles. The molecule has 0 aromatic heterocycles. The molecule has 16 heavy (non-hydrogen) atoms. The van der Waals surface area contributed by atoms with Crippen LogP contribution in [0.3, 0.4) is 0 Å². The molecular formula is C15H19N. The van der Waals surface area contributed by atoms with Gasteiger partial charge in [-0.05, 0) is 43.6 Å². The van der Waals surface area contributed by atoms with Crippen LogP contribution < -0.4 is 0 Å². The highest BCUT2D eigenvalue weighted by Crippen LogP contribution is 2.22. The van der Waals surface area contributed by atoms with Crippen LogP contribution in [0.4, 0.5) is 0 Å². The molecule has 1 nitrogen and oxygen atoms in total. The van der Waals surface area contributed by atoms with E-state index in [2.05, 4.69) is 68.3 Å². The summed E-state index contributed by atoms with van der Waals surface area (Å²) in [7, 11) is 0. The molecule has 1 aliphatic rings. The molecule has 0 amide bonds. The molecule has 0 saturated heterocycles. The maximum absolute atomic E-state index is 2.39. The first-order chi connectivity index (χ1) is 7.68. The zero-order chi connectivity index (χ0) is 11.5. The largest absolute Gasteiger partial charge is 0.367 e. The first-order valence-corrected chi connectivity index (χ1v) is 5.83.